The Balaban J connectivity index is 2.15. The average molecular weight is 306 g/mol. The van der Waals surface area contributed by atoms with E-state index in [4.69, 9.17) is 18.0 Å². The number of benzene rings is 1. The highest BCUT2D eigenvalue weighted by Crippen LogP contribution is 2.20. The van der Waals surface area contributed by atoms with Crippen LogP contribution >= 0.6 is 12.2 Å². The Morgan fingerprint density at radius 3 is 2.57 bits per heavy atom. The SMILES string of the molecule is CC1=NN(C(N)=S)C(=O)[C@@H]1N=Nc1ccc([N+](=O)[O-])cc1. The third kappa shape index (κ3) is 3.05. The Kier molecular flexibility index (Phi) is 3.98. The maximum atomic E-state index is 11.9. The fourth-order valence-corrected chi connectivity index (χ4v) is 1.74. The Morgan fingerprint density at radius 2 is 2.10 bits per heavy atom. The first-order valence-corrected chi connectivity index (χ1v) is 6.15. The molecule has 1 atom stereocenters. The van der Waals surface area contributed by atoms with Crippen molar-refractivity contribution in [2.24, 2.45) is 21.1 Å². The van der Waals surface area contributed by atoms with Gasteiger partial charge in [-0.3, -0.25) is 14.9 Å². The second kappa shape index (κ2) is 5.71. The third-order valence-corrected chi connectivity index (χ3v) is 2.83. The van der Waals surface area contributed by atoms with Gasteiger partial charge in [0, 0.05) is 12.1 Å². The van der Waals surface area contributed by atoms with Gasteiger partial charge in [0.1, 0.15) is 0 Å². The molecular formula is C11H10N6O3S. The first kappa shape index (κ1) is 14.7. The second-order valence-corrected chi connectivity index (χ2v) is 4.54. The van der Waals surface area contributed by atoms with Crippen LogP contribution in [0, 0.1) is 10.1 Å². The van der Waals surface area contributed by atoms with E-state index in [1.54, 1.807) is 6.92 Å². The van der Waals surface area contributed by atoms with Crippen molar-refractivity contribution in [2.75, 3.05) is 0 Å². The van der Waals surface area contributed by atoms with E-state index in [2.05, 4.69) is 15.3 Å². The molecule has 0 aromatic heterocycles. The number of nitro groups is 1. The topological polar surface area (TPSA) is 127 Å². The van der Waals surface area contributed by atoms with Crippen LogP contribution in [0.3, 0.4) is 0 Å². The van der Waals surface area contributed by atoms with Crippen LogP contribution in [-0.4, -0.2) is 32.7 Å². The molecule has 1 aliphatic rings. The average Bonchev–Trinajstić information content (AvgIpc) is 2.72. The Hall–Kier alpha value is -2.75. The summed E-state index contributed by atoms with van der Waals surface area (Å²) in [6, 6.07) is 4.57. The molecule has 1 heterocycles. The van der Waals surface area contributed by atoms with E-state index in [1.165, 1.54) is 24.3 Å². The molecule has 0 fully saturated rings. The van der Waals surface area contributed by atoms with Gasteiger partial charge >= 0.3 is 0 Å². The van der Waals surface area contributed by atoms with Crippen molar-refractivity contribution in [3.05, 3.63) is 34.4 Å². The molecule has 1 aliphatic heterocycles. The van der Waals surface area contributed by atoms with Gasteiger partial charge in [-0.1, -0.05) is 0 Å². The van der Waals surface area contributed by atoms with Crippen molar-refractivity contribution < 1.29 is 9.72 Å². The highest BCUT2D eigenvalue weighted by atomic mass is 32.1. The molecule has 0 unspecified atom stereocenters. The largest absolute Gasteiger partial charge is 0.374 e. The number of nitro benzene ring substituents is 1. The van der Waals surface area contributed by atoms with Crippen LogP contribution in [0.2, 0.25) is 0 Å². The van der Waals surface area contributed by atoms with E-state index < -0.39 is 16.9 Å². The molecular weight excluding hydrogens is 296 g/mol. The summed E-state index contributed by atoms with van der Waals surface area (Å²) < 4.78 is 0. The van der Waals surface area contributed by atoms with Crippen LogP contribution in [0.15, 0.2) is 39.6 Å². The lowest BCUT2D eigenvalue weighted by Gasteiger charge is -2.08. The number of hydrogen-bond acceptors (Lipinski definition) is 7. The first-order chi connectivity index (χ1) is 9.90. The quantitative estimate of drug-likeness (QED) is 0.392. The molecule has 1 aromatic rings. The zero-order valence-electron chi connectivity index (χ0n) is 10.8. The summed E-state index contributed by atoms with van der Waals surface area (Å²) in [5, 5.41) is 22.9. The number of rotatable bonds is 3. The van der Waals surface area contributed by atoms with E-state index in [-0.39, 0.29) is 10.8 Å². The third-order valence-electron chi connectivity index (χ3n) is 2.65. The molecule has 1 amide bonds. The van der Waals surface area contributed by atoms with Crippen LogP contribution in [-0.2, 0) is 4.79 Å². The molecule has 0 radical (unpaired) electrons. The molecule has 10 heteroatoms. The maximum Gasteiger partial charge on any atom is 0.282 e. The lowest BCUT2D eigenvalue weighted by molar-refractivity contribution is -0.384. The molecule has 0 bridgehead atoms. The van der Waals surface area contributed by atoms with Crippen LogP contribution in [0.4, 0.5) is 11.4 Å². The lowest BCUT2D eigenvalue weighted by Crippen LogP contribution is -2.37. The van der Waals surface area contributed by atoms with Gasteiger partial charge in [-0.05, 0) is 31.3 Å². The molecule has 21 heavy (non-hydrogen) atoms. The number of non-ortho nitro benzene ring substituents is 1. The van der Waals surface area contributed by atoms with Crippen LogP contribution in [0.5, 0.6) is 0 Å². The number of nitrogens with zero attached hydrogens (tertiary/aromatic N) is 5. The van der Waals surface area contributed by atoms with Gasteiger partial charge in [0.25, 0.3) is 11.6 Å². The number of thiocarbonyl (C=S) groups is 1. The van der Waals surface area contributed by atoms with E-state index in [0.29, 0.717) is 11.4 Å². The molecule has 2 N–H and O–H groups in total. The van der Waals surface area contributed by atoms with E-state index in [9.17, 15) is 14.9 Å². The number of hydrogen-bond donors (Lipinski definition) is 1. The highest BCUT2D eigenvalue weighted by Gasteiger charge is 2.35. The number of azo groups is 1. The minimum atomic E-state index is -0.887. The molecule has 2 rings (SSSR count). The molecule has 9 nitrogen and oxygen atoms in total. The van der Waals surface area contributed by atoms with Gasteiger partial charge in [0.2, 0.25) is 0 Å². The van der Waals surface area contributed by atoms with Crippen LogP contribution in [0.25, 0.3) is 0 Å². The summed E-state index contributed by atoms with van der Waals surface area (Å²) >= 11 is 4.69. The monoisotopic (exact) mass is 306 g/mol. The van der Waals surface area contributed by atoms with Crippen molar-refractivity contribution in [3.8, 4) is 0 Å². The lowest BCUT2D eigenvalue weighted by atomic mass is 10.2. The molecule has 0 saturated carbocycles. The van der Waals surface area contributed by atoms with Crippen molar-refractivity contribution in [1.29, 1.82) is 0 Å². The molecule has 0 saturated heterocycles. The zero-order chi connectivity index (χ0) is 15.6. The van der Waals surface area contributed by atoms with Crippen molar-refractivity contribution in [3.63, 3.8) is 0 Å². The Morgan fingerprint density at radius 1 is 1.48 bits per heavy atom. The normalized spacial score (nSPS) is 18.1. The first-order valence-electron chi connectivity index (χ1n) is 5.74. The second-order valence-electron chi connectivity index (χ2n) is 4.12. The van der Waals surface area contributed by atoms with Crippen molar-refractivity contribution in [2.45, 2.75) is 13.0 Å². The molecule has 108 valence electrons. The van der Waals surface area contributed by atoms with Gasteiger partial charge in [0.05, 0.1) is 16.3 Å². The predicted octanol–water partition coefficient (Wildman–Crippen LogP) is 1.51. The molecule has 0 spiro atoms. The summed E-state index contributed by atoms with van der Waals surface area (Å²) in [7, 11) is 0. The number of carbonyl (C=O) groups excluding carboxylic acids is 1. The Labute approximate surface area is 124 Å². The van der Waals surface area contributed by atoms with Crippen LogP contribution < -0.4 is 5.73 Å². The van der Waals surface area contributed by atoms with Gasteiger partial charge in [-0.25, -0.2) is 0 Å². The summed E-state index contributed by atoms with van der Waals surface area (Å²) in [5.74, 6) is -0.481. The zero-order valence-corrected chi connectivity index (χ0v) is 11.6. The fourth-order valence-electron chi connectivity index (χ4n) is 1.61. The van der Waals surface area contributed by atoms with E-state index in [0.717, 1.165) is 5.01 Å². The molecule has 1 aromatic carbocycles. The number of carbonyl (C=O) groups is 1. The molecule has 0 aliphatic carbocycles. The summed E-state index contributed by atoms with van der Waals surface area (Å²) in [6.07, 6.45) is 0. The van der Waals surface area contributed by atoms with Gasteiger partial charge in [-0.15, -0.1) is 0 Å². The van der Waals surface area contributed by atoms with Crippen molar-refractivity contribution >= 4 is 40.3 Å². The highest BCUT2D eigenvalue weighted by molar-refractivity contribution is 7.80. The van der Waals surface area contributed by atoms with Gasteiger partial charge in [-0.2, -0.15) is 20.3 Å². The Bertz CT molecular complexity index is 669. The minimum Gasteiger partial charge on any atom is -0.374 e. The fraction of sp³-hybridized carbons (Fsp3) is 0.182. The number of hydrazone groups is 1. The van der Waals surface area contributed by atoms with Crippen molar-refractivity contribution in [1.82, 2.24) is 5.01 Å². The van der Waals surface area contributed by atoms with E-state index >= 15 is 0 Å². The van der Waals surface area contributed by atoms with E-state index in [1.807, 2.05) is 0 Å². The summed E-state index contributed by atoms with van der Waals surface area (Å²) in [6.45, 7) is 1.61. The standard InChI is InChI=1S/C11H10N6O3S/c1-6-9(10(18)16(15-6)11(12)21)14-13-7-2-4-8(5-3-7)17(19)20/h2-5,9H,1H3,(H2,12,21)/t9-/m1/s1. The van der Waals surface area contributed by atoms with Crippen LogP contribution in [0.1, 0.15) is 6.92 Å². The number of nitrogens with two attached hydrogens (primary N) is 1. The summed E-state index contributed by atoms with van der Waals surface area (Å²) in [5.41, 5.74) is 6.11. The number of amides is 1. The predicted molar refractivity (Wildman–Crippen MR) is 78.1 cm³/mol. The maximum absolute atomic E-state index is 11.9. The van der Waals surface area contributed by atoms with Gasteiger partial charge < -0.3 is 5.73 Å². The van der Waals surface area contributed by atoms with Gasteiger partial charge in [0.15, 0.2) is 11.2 Å². The minimum absolute atomic E-state index is 0.0525. The smallest absolute Gasteiger partial charge is 0.282 e. The summed E-state index contributed by atoms with van der Waals surface area (Å²) in [4.78, 5) is 21.9.